The van der Waals surface area contributed by atoms with Crippen LogP contribution in [0, 0.1) is 24.2 Å². The van der Waals surface area contributed by atoms with Crippen LogP contribution >= 0.6 is 15.9 Å². The van der Waals surface area contributed by atoms with Crippen molar-refractivity contribution in [1.29, 1.82) is 0 Å². The molecule has 0 saturated carbocycles. The second-order valence-electron chi connectivity index (χ2n) is 11.7. The second-order valence-corrected chi connectivity index (χ2v) is 19.2. The number of benzene rings is 3. The minimum absolute atomic E-state index is 0.139. The highest BCUT2D eigenvalue weighted by molar-refractivity contribution is 9.10. The Morgan fingerprint density at radius 2 is 1.50 bits per heavy atom. The minimum Gasteiger partial charge on any atom is -0.407 e. The van der Waals surface area contributed by atoms with Crippen molar-refractivity contribution in [3.05, 3.63) is 95.0 Å². The van der Waals surface area contributed by atoms with Crippen LogP contribution < -0.4 is 10.4 Å². The van der Waals surface area contributed by atoms with Gasteiger partial charge in [0.2, 0.25) is 0 Å². The zero-order chi connectivity index (χ0) is 29.4. The summed E-state index contributed by atoms with van der Waals surface area (Å²) in [6.45, 7) is 13.4. The van der Waals surface area contributed by atoms with E-state index < -0.39 is 24.1 Å². The smallest absolute Gasteiger partial charge is 0.261 e. The molecule has 0 aliphatic rings. The molecule has 0 bridgehead atoms. The van der Waals surface area contributed by atoms with Crippen LogP contribution in [0.3, 0.4) is 0 Å². The molecular weight excluding hydrogens is 594 g/mol. The molecule has 0 saturated heterocycles. The van der Waals surface area contributed by atoms with E-state index in [4.69, 9.17) is 10.8 Å². The Labute approximate surface area is 253 Å². The third kappa shape index (κ3) is 7.84. The van der Waals surface area contributed by atoms with E-state index in [0.717, 1.165) is 10.0 Å². The number of rotatable bonds is 9. The largest absolute Gasteiger partial charge is 0.407 e. The van der Waals surface area contributed by atoms with Crippen molar-refractivity contribution < 1.29 is 8.63 Å². The van der Waals surface area contributed by atoms with Gasteiger partial charge in [0.05, 0.1) is 17.3 Å². The molecule has 210 valence electrons. The molecule has 3 aromatic rings. The van der Waals surface area contributed by atoms with Crippen molar-refractivity contribution in [1.82, 2.24) is 4.31 Å². The molecule has 3 aromatic carbocycles. The number of hydrogen-bond donors (Lipinski definition) is 0. The SMILES string of the molecule is C#CCN([C@@H](C#Cc1cccc(Br)c1)CCO[Si](c1ccccc1)(c1ccccc1)C(C)(C)C)[S@@](=O)C(C)(C)C. The highest BCUT2D eigenvalue weighted by Gasteiger charge is 2.50. The van der Waals surface area contributed by atoms with E-state index in [1.165, 1.54) is 10.4 Å². The third-order valence-corrected chi connectivity index (χ3v) is 14.1. The summed E-state index contributed by atoms with van der Waals surface area (Å²) in [6, 6.07) is 28.7. The van der Waals surface area contributed by atoms with Gasteiger partial charge < -0.3 is 4.43 Å². The van der Waals surface area contributed by atoms with Gasteiger partial charge in [-0.2, -0.15) is 4.31 Å². The molecule has 3 rings (SSSR count). The Morgan fingerprint density at radius 3 is 1.98 bits per heavy atom. The lowest BCUT2D eigenvalue weighted by molar-refractivity contribution is 0.262. The molecule has 40 heavy (non-hydrogen) atoms. The quantitative estimate of drug-likeness (QED) is 0.198. The van der Waals surface area contributed by atoms with Gasteiger partial charge in [0.15, 0.2) is 0 Å². The molecule has 0 heterocycles. The summed E-state index contributed by atoms with van der Waals surface area (Å²) >= 11 is 3.53. The van der Waals surface area contributed by atoms with Crippen LogP contribution in [0.25, 0.3) is 0 Å². The van der Waals surface area contributed by atoms with Crippen molar-refractivity contribution >= 4 is 45.6 Å². The lowest BCUT2D eigenvalue weighted by atomic mass is 10.1. The molecule has 2 atom stereocenters. The normalized spacial score (nSPS) is 13.7. The van der Waals surface area contributed by atoms with Crippen LogP contribution in [0.5, 0.6) is 0 Å². The fourth-order valence-corrected chi connectivity index (χ4v) is 11.1. The molecule has 0 aromatic heterocycles. The summed E-state index contributed by atoms with van der Waals surface area (Å²) in [7, 11) is -4.06. The van der Waals surface area contributed by atoms with Crippen LogP contribution in [-0.2, 0) is 15.4 Å². The van der Waals surface area contributed by atoms with E-state index in [1.54, 1.807) is 0 Å². The zero-order valence-electron chi connectivity index (χ0n) is 24.4. The van der Waals surface area contributed by atoms with Crippen LogP contribution in [0.15, 0.2) is 89.4 Å². The third-order valence-electron chi connectivity index (χ3n) is 6.67. The van der Waals surface area contributed by atoms with Crippen molar-refractivity contribution in [3.8, 4) is 24.2 Å². The summed E-state index contributed by atoms with van der Waals surface area (Å²) in [5.41, 5.74) is 0.884. The first kappa shape index (κ1) is 32.1. The van der Waals surface area contributed by atoms with Gasteiger partial charge in [-0.1, -0.05) is 121 Å². The number of halogens is 1. The monoisotopic (exact) mass is 633 g/mol. The first-order valence-electron chi connectivity index (χ1n) is 13.5. The van der Waals surface area contributed by atoms with Crippen molar-refractivity contribution in [2.75, 3.05) is 13.2 Å². The van der Waals surface area contributed by atoms with Gasteiger partial charge in [-0.15, -0.1) is 6.42 Å². The molecule has 0 N–H and O–H groups in total. The highest BCUT2D eigenvalue weighted by Crippen LogP contribution is 2.37. The Morgan fingerprint density at radius 1 is 0.925 bits per heavy atom. The molecule has 6 heteroatoms. The average Bonchev–Trinajstić information content (AvgIpc) is 2.91. The maximum Gasteiger partial charge on any atom is 0.261 e. The minimum atomic E-state index is -2.72. The summed E-state index contributed by atoms with van der Waals surface area (Å²) in [5, 5.41) is 2.31. The number of terminal acetylenes is 1. The summed E-state index contributed by atoms with van der Waals surface area (Å²) in [4.78, 5) is 0. The summed E-state index contributed by atoms with van der Waals surface area (Å²) in [6.07, 6.45) is 6.34. The van der Waals surface area contributed by atoms with E-state index in [0.29, 0.717) is 13.0 Å². The Bertz CT molecular complexity index is 1340. The maximum absolute atomic E-state index is 13.7. The molecule has 0 aliphatic heterocycles. The molecule has 0 spiro atoms. The van der Waals surface area contributed by atoms with Crippen LogP contribution in [0.1, 0.15) is 53.5 Å². The van der Waals surface area contributed by atoms with Gasteiger partial charge >= 0.3 is 0 Å². The van der Waals surface area contributed by atoms with Crippen LogP contribution in [-0.4, -0.2) is 40.8 Å². The summed E-state index contributed by atoms with van der Waals surface area (Å²) < 4.78 is 23.1. The first-order valence-corrected chi connectivity index (χ1v) is 17.3. The topological polar surface area (TPSA) is 29.5 Å². The molecular formula is C34H40BrNO2SSi. The van der Waals surface area contributed by atoms with E-state index in [2.05, 4.69) is 103 Å². The van der Waals surface area contributed by atoms with Gasteiger partial charge in [-0.3, -0.25) is 0 Å². The van der Waals surface area contributed by atoms with Gasteiger partial charge in [-0.05, 0) is 60.8 Å². The first-order chi connectivity index (χ1) is 18.9. The predicted octanol–water partition coefficient (Wildman–Crippen LogP) is 6.53. The number of hydrogen-bond acceptors (Lipinski definition) is 2. The standard InChI is InChI=1S/C34H40BrNO2SSi/c1-8-25-36(39(37)33(2,3)4)30(23-22-28-16-15-17-29(35)27-28)24-26-38-40(34(5,6)7,31-18-11-9-12-19-31)32-20-13-10-14-21-32/h1,9-21,27,30H,24-26H2,2-7H3/t30-,39-/m0/s1. The van der Waals surface area contributed by atoms with E-state index in [9.17, 15) is 4.21 Å². The van der Waals surface area contributed by atoms with Crippen molar-refractivity contribution in [2.45, 2.75) is 63.8 Å². The van der Waals surface area contributed by atoms with Crippen LogP contribution in [0.4, 0.5) is 0 Å². The van der Waals surface area contributed by atoms with Crippen LogP contribution in [0.2, 0.25) is 5.04 Å². The van der Waals surface area contributed by atoms with E-state index in [-0.39, 0.29) is 17.6 Å². The Hall–Kier alpha value is -2.45. The van der Waals surface area contributed by atoms with Gasteiger partial charge in [0.1, 0.15) is 11.0 Å². The van der Waals surface area contributed by atoms with Gasteiger partial charge in [0, 0.05) is 16.6 Å². The highest BCUT2D eigenvalue weighted by atomic mass is 79.9. The lowest BCUT2D eigenvalue weighted by Gasteiger charge is -2.43. The fourth-order valence-electron chi connectivity index (χ4n) is 4.83. The fraction of sp³-hybridized carbons (Fsp3) is 0.353. The molecule has 0 amide bonds. The van der Waals surface area contributed by atoms with E-state index in [1.807, 2.05) is 61.5 Å². The number of nitrogens with zero attached hydrogens (tertiary/aromatic N) is 1. The Kier molecular flexibility index (Phi) is 11.2. The molecule has 0 fully saturated rings. The second kappa shape index (κ2) is 13.9. The average molecular weight is 635 g/mol. The predicted molar refractivity (Wildman–Crippen MR) is 176 cm³/mol. The van der Waals surface area contributed by atoms with E-state index >= 15 is 0 Å². The lowest BCUT2D eigenvalue weighted by Crippen LogP contribution is -2.66. The Balaban J connectivity index is 2.04. The molecule has 0 radical (unpaired) electrons. The molecule has 3 nitrogen and oxygen atoms in total. The maximum atomic E-state index is 13.7. The summed E-state index contributed by atoms with van der Waals surface area (Å²) in [5.74, 6) is 9.43. The molecule has 0 aliphatic carbocycles. The zero-order valence-corrected chi connectivity index (χ0v) is 27.8. The van der Waals surface area contributed by atoms with Gasteiger partial charge in [0.25, 0.3) is 8.32 Å². The van der Waals surface area contributed by atoms with Crippen molar-refractivity contribution in [3.63, 3.8) is 0 Å². The van der Waals surface area contributed by atoms with Gasteiger partial charge in [-0.25, -0.2) is 4.21 Å². The van der Waals surface area contributed by atoms with Crippen molar-refractivity contribution in [2.24, 2.45) is 0 Å². The molecule has 0 unspecified atom stereocenters.